The van der Waals surface area contributed by atoms with E-state index in [1.807, 2.05) is 19.9 Å². The number of carbonyl (C=O) groups excluding carboxylic acids is 3. The van der Waals surface area contributed by atoms with Crippen molar-refractivity contribution in [2.45, 2.75) is 59.7 Å². The normalized spacial score (nSPS) is 11.4. The topological polar surface area (TPSA) is 74.6 Å². The van der Waals surface area contributed by atoms with E-state index in [1.54, 1.807) is 12.1 Å². The summed E-state index contributed by atoms with van der Waals surface area (Å²) in [6.45, 7) is 6.40. The molecule has 9 heteroatoms. The van der Waals surface area contributed by atoms with Crippen LogP contribution in [0.3, 0.4) is 0 Å². The van der Waals surface area contributed by atoms with Crippen molar-refractivity contribution in [2.24, 2.45) is 0 Å². The zero-order chi connectivity index (χ0) is 24.8. The Kier molecular flexibility index (Phi) is 8.84. The Hall–Kier alpha value is -3.10. The van der Waals surface area contributed by atoms with Gasteiger partial charge in [0.1, 0.15) is 5.69 Å². The molecule has 0 amide bonds. The van der Waals surface area contributed by atoms with Crippen LogP contribution in [0.15, 0.2) is 24.4 Å². The predicted octanol–water partition coefficient (Wildman–Crippen LogP) is 4.95. The van der Waals surface area contributed by atoms with Crippen molar-refractivity contribution in [1.29, 1.82) is 0 Å². The molecule has 1 aromatic carbocycles. The van der Waals surface area contributed by atoms with Crippen LogP contribution in [0.25, 0.3) is 0 Å². The van der Waals surface area contributed by atoms with Gasteiger partial charge < -0.3 is 14.0 Å². The third kappa shape index (κ3) is 6.46. The largest absolute Gasteiger partial charge is 0.462 e. The van der Waals surface area contributed by atoms with E-state index in [0.29, 0.717) is 12.0 Å². The fraction of sp³-hybridized carbons (Fsp3) is 0.458. The molecule has 0 spiro atoms. The minimum Gasteiger partial charge on any atom is -0.462 e. The molecular formula is C24H28F3NO5. The first kappa shape index (κ1) is 26.2. The van der Waals surface area contributed by atoms with Crippen LogP contribution >= 0.6 is 0 Å². The summed E-state index contributed by atoms with van der Waals surface area (Å²) in [5.74, 6) is -2.47. The van der Waals surface area contributed by atoms with Gasteiger partial charge in [-0.25, -0.2) is 9.59 Å². The average molecular weight is 467 g/mol. The van der Waals surface area contributed by atoms with E-state index < -0.39 is 53.7 Å². The molecule has 0 N–H and O–H groups in total. The van der Waals surface area contributed by atoms with E-state index >= 15 is 0 Å². The number of Topliss-reactive ketones (excluding diaryl/α,β-unsaturated/α-hetero) is 1. The van der Waals surface area contributed by atoms with Crippen molar-refractivity contribution in [2.75, 3.05) is 13.2 Å². The van der Waals surface area contributed by atoms with Gasteiger partial charge in [0.05, 0.1) is 31.7 Å². The lowest BCUT2D eigenvalue weighted by atomic mass is 9.98. The molecule has 33 heavy (non-hydrogen) atoms. The van der Waals surface area contributed by atoms with Crippen LogP contribution in [0, 0.1) is 0 Å². The number of ketones is 1. The average Bonchev–Trinajstić information content (AvgIpc) is 3.09. The second-order valence-electron chi connectivity index (χ2n) is 7.34. The molecular weight excluding hydrogens is 439 g/mol. The van der Waals surface area contributed by atoms with E-state index in [0.717, 1.165) is 28.3 Å². The molecule has 0 unspecified atom stereocenters. The van der Waals surface area contributed by atoms with Gasteiger partial charge in [-0.3, -0.25) is 4.79 Å². The zero-order valence-corrected chi connectivity index (χ0v) is 19.2. The molecule has 0 aliphatic rings. The molecule has 0 saturated heterocycles. The summed E-state index contributed by atoms with van der Waals surface area (Å²) < 4.78 is 50.8. The van der Waals surface area contributed by atoms with Crippen molar-refractivity contribution in [3.05, 3.63) is 57.9 Å². The lowest BCUT2D eigenvalue weighted by Gasteiger charge is -2.13. The predicted molar refractivity (Wildman–Crippen MR) is 116 cm³/mol. The third-order valence-electron chi connectivity index (χ3n) is 5.13. The van der Waals surface area contributed by atoms with Gasteiger partial charge in [-0.1, -0.05) is 26.0 Å². The standard InChI is InChI=1S/C24H28F3NO5/c1-5-15-9-10-17(11-16(15)6-2)20(29)14-28-13-19(22(30)32-7-3)18(12-24(25,26)27)21(28)23(31)33-8-4/h9-11,13H,5-8,12,14H2,1-4H3. The van der Waals surface area contributed by atoms with Crippen molar-refractivity contribution in [3.8, 4) is 0 Å². The molecule has 2 rings (SSSR count). The van der Waals surface area contributed by atoms with Crippen LogP contribution in [-0.4, -0.2) is 41.7 Å². The summed E-state index contributed by atoms with van der Waals surface area (Å²) in [6.07, 6.45) is -3.67. The number of nitrogens with zero attached hydrogens (tertiary/aromatic N) is 1. The Balaban J connectivity index is 2.58. The van der Waals surface area contributed by atoms with Gasteiger partial charge >= 0.3 is 18.1 Å². The molecule has 0 saturated carbocycles. The Morgan fingerprint density at radius 3 is 2.06 bits per heavy atom. The van der Waals surface area contributed by atoms with Crippen molar-refractivity contribution in [1.82, 2.24) is 4.57 Å². The van der Waals surface area contributed by atoms with Crippen molar-refractivity contribution >= 4 is 17.7 Å². The van der Waals surface area contributed by atoms with Gasteiger partial charge in [0, 0.05) is 17.3 Å². The molecule has 0 radical (unpaired) electrons. The lowest BCUT2D eigenvalue weighted by Crippen LogP contribution is -2.21. The summed E-state index contributed by atoms with van der Waals surface area (Å²) >= 11 is 0. The summed E-state index contributed by atoms with van der Waals surface area (Å²) in [7, 11) is 0. The molecule has 2 aromatic rings. The number of ether oxygens (including phenoxy) is 2. The van der Waals surface area contributed by atoms with E-state index in [4.69, 9.17) is 9.47 Å². The zero-order valence-electron chi connectivity index (χ0n) is 19.2. The minimum absolute atomic E-state index is 0.0628. The number of halogens is 3. The van der Waals surface area contributed by atoms with Gasteiger partial charge in [-0.2, -0.15) is 13.2 Å². The molecule has 1 aromatic heterocycles. The second kappa shape index (κ2) is 11.2. The fourth-order valence-electron chi connectivity index (χ4n) is 3.65. The maximum atomic E-state index is 13.3. The van der Waals surface area contributed by atoms with Gasteiger partial charge in [-0.05, 0) is 43.9 Å². The van der Waals surface area contributed by atoms with Crippen molar-refractivity contribution in [3.63, 3.8) is 0 Å². The SMILES string of the molecule is CCOC(=O)c1cn(CC(=O)c2ccc(CC)c(CC)c2)c(C(=O)OCC)c1CC(F)(F)F. The maximum Gasteiger partial charge on any atom is 0.393 e. The number of alkyl halides is 3. The highest BCUT2D eigenvalue weighted by Crippen LogP contribution is 2.29. The monoisotopic (exact) mass is 467 g/mol. The van der Waals surface area contributed by atoms with Crippen molar-refractivity contribution < 1.29 is 37.0 Å². The van der Waals surface area contributed by atoms with E-state index in [1.165, 1.54) is 13.8 Å². The molecule has 180 valence electrons. The number of aromatic nitrogens is 1. The number of rotatable bonds is 10. The number of aryl methyl sites for hydroxylation is 2. The first-order valence-corrected chi connectivity index (χ1v) is 10.8. The lowest BCUT2D eigenvalue weighted by molar-refractivity contribution is -0.127. The van der Waals surface area contributed by atoms with Crippen LogP contribution in [0.2, 0.25) is 0 Å². The molecule has 0 bridgehead atoms. The number of hydrogen-bond donors (Lipinski definition) is 0. The fourth-order valence-corrected chi connectivity index (χ4v) is 3.65. The van der Waals surface area contributed by atoms with Gasteiger partial charge in [0.25, 0.3) is 0 Å². The number of benzene rings is 1. The van der Waals surface area contributed by atoms with E-state index in [9.17, 15) is 27.6 Å². The summed E-state index contributed by atoms with van der Waals surface area (Å²) in [4.78, 5) is 38.0. The Labute approximate surface area is 190 Å². The van der Waals surface area contributed by atoms with Crippen LogP contribution in [0.1, 0.15) is 75.6 Å². The summed E-state index contributed by atoms with van der Waals surface area (Å²) in [5.41, 5.74) is 0.989. The van der Waals surface area contributed by atoms with E-state index in [2.05, 4.69) is 0 Å². The molecule has 0 aliphatic carbocycles. The number of hydrogen-bond acceptors (Lipinski definition) is 5. The first-order chi connectivity index (χ1) is 15.6. The van der Waals surface area contributed by atoms with E-state index in [-0.39, 0.29) is 13.2 Å². The number of carbonyl (C=O) groups is 3. The molecule has 0 aliphatic heterocycles. The maximum absolute atomic E-state index is 13.3. The Morgan fingerprint density at radius 2 is 1.52 bits per heavy atom. The first-order valence-electron chi connectivity index (χ1n) is 10.8. The molecule has 6 nitrogen and oxygen atoms in total. The molecule has 1 heterocycles. The second-order valence-corrected chi connectivity index (χ2v) is 7.34. The Morgan fingerprint density at radius 1 is 0.909 bits per heavy atom. The highest BCUT2D eigenvalue weighted by Gasteiger charge is 2.36. The van der Waals surface area contributed by atoms with Gasteiger partial charge in [0.15, 0.2) is 5.78 Å². The van der Waals surface area contributed by atoms with Crippen LogP contribution in [0.5, 0.6) is 0 Å². The molecule has 0 fully saturated rings. The van der Waals surface area contributed by atoms with Gasteiger partial charge in [0.2, 0.25) is 0 Å². The highest BCUT2D eigenvalue weighted by atomic mass is 19.4. The van der Waals surface area contributed by atoms with Crippen LogP contribution in [0.4, 0.5) is 13.2 Å². The van der Waals surface area contributed by atoms with Crippen LogP contribution in [-0.2, 0) is 35.3 Å². The smallest absolute Gasteiger partial charge is 0.393 e. The number of esters is 2. The summed E-state index contributed by atoms with van der Waals surface area (Å²) in [6, 6.07) is 5.24. The van der Waals surface area contributed by atoms with Crippen LogP contribution < -0.4 is 0 Å². The summed E-state index contributed by atoms with van der Waals surface area (Å²) in [5, 5.41) is 0. The van der Waals surface area contributed by atoms with Gasteiger partial charge in [-0.15, -0.1) is 0 Å². The third-order valence-corrected chi connectivity index (χ3v) is 5.13. The quantitative estimate of drug-likeness (QED) is 0.365. The highest BCUT2D eigenvalue weighted by molar-refractivity contribution is 6.00. The Bertz CT molecular complexity index is 1020. The minimum atomic E-state index is -4.70. The molecule has 0 atom stereocenters.